The Bertz CT molecular complexity index is 135. The van der Waals surface area contributed by atoms with Crippen LogP contribution in [0.25, 0.3) is 0 Å². The number of rotatable bonds is 1. The molecule has 52 valence electrons. The Morgan fingerprint density at radius 2 is 2.56 bits per heavy atom. The van der Waals surface area contributed by atoms with Crippen molar-refractivity contribution in [3.63, 3.8) is 0 Å². The number of likely N-dealkylation sites (N-methyl/N-ethyl adjacent to an activating group) is 1. The normalized spacial score (nSPS) is 33.9. The Hall–Kier alpha value is -0.240. The fourth-order valence-corrected chi connectivity index (χ4v) is 1.09. The molecule has 0 radical (unpaired) electrons. The second-order valence-electron chi connectivity index (χ2n) is 2.79. The minimum atomic E-state index is -0.0314. The third kappa shape index (κ3) is 1.36. The Morgan fingerprint density at radius 1 is 1.89 bits per heavy atom. The molecular weight excluding hydrogens is 136 g/mol. The maximum absolute atomic E-state index is 5.67. The van der Waals surface area contributed by atoms with E-state index in [0.717, 1.165) is 6.54 Å². The molecule has 3 heteroatoms. The Morgan fingerprint density at radius 3 is 2.78 bits per heavy atom. The number of nitrogens with zero attached hydrogens (tertiary/aromatic N) is 2. The molecule has 0 N–H and O–H groups in total. The van der Waals surface area contributed by atoms with Crippen LogP contribution in [-0.2, 0) is 0 Å². The molecule has 0 aromatic rings. The largest absolute Gasteiger partial charge is 0.364 e. The molecule has 0 saturated heterocycles. The highest BCUT2D eigenvalue weighted by Crippen LogP contribution is 2.17. The third-order valence-corrected chi connectivity index (χ3v) is 2.02. The first-order valence-electron chi connectivity index (χ1n) is 2.98. The van der Waals surface area contributed by atoms with Crippen molar-refractivity contribution < 1.29 is 0 Å². The van der Waals surface area contributed by atoms with E-state index >= 15 is 0 Å². The first-order chi connectivity index (χ1) is 4.16. The lowest BCUT2D eigenvalue weighted by atomic mass is 10.1. The van der Waals surface area contributed by atoms with Gasteiger partial charge in [-0.2, -0.15) is 0 Å². The molecule has 0 aromatic heterocycles. The molecule has 0 amide bonds. The zero-order valence-electron chi connectivity index (χ0n) is 5.76. The summed E-state index contributed by atoms with van der Waals surface area (Å²) in [7, 11) is 2.00. The van der Waals surface area contributed by atoms with Gasteiger partial charge in [0.1, 0.15) is 0 Å². The average molecular weight is 147 g/mol. The van der Waals surface area contributed by atoms with Crippen LogP contribution in [0.2, 0.25) is 0 Å². The van der Waals surface area contributed by atoms with E-state index in [-0.39, 0.29) is 5.54 Å². The van der Waals surface area contributed by atoms with Crippen LogP contribution >= 0.6 is 11.6 Å². The molecule has 0 saturated carbocycles. The van der Waals surface area contributed by atoms with Gasteiger partial charge in [0.25, 0.3) is 0 Å². The quantitative estimate of drug-likeness (QED) is 0.503. The molecule has 1 heterocycles. The fraction of sp³-hybridized carbons (Fsp3) is 0.833. The van der Waals surface area contributed by atoms with Crippen molar-refractivity contribution in [3.05, 3.63) is 0 Å². The summed E-state index contributed by atoms with van der Waals surface area (Å²) >= 11 is 5.67. The zero-order valence-corrected chi connectivity index (χ0v) is 6.52. The Kier molecular flexibility index (Phi) is 1.66. The third-order valence-electron chi connectivity index (χ3n) is 1.44. The number of hydrogen-bond donors (Lipinski definition) is 0. The lowest BCUT2D eigenvalue weighted by molar-refractivity contribution is 0.433. The van der Waals surface area contributed by atoms with Crippen molar-refractivity contribution in [1.29, 1.82) is 0 Å². The molecule has 1 aliphatic heterocycles. The first kappa shape index (κ1) is 6.87. The Balaban J connectivity index is 2.57. The summed E-state index contributed by atoms with van der Waals surface area (Å²) in [6, 6.07) is 0. The minimum absolute atomic E-state index is 0.0314. The van der Waals surface area contributed by atoms with Crippen molar-refractivity contribution in [1.82, 2.24) is 4.90 Å². The van der Waals surface area contributed by atoms with Gasteiger partial charge in [0.2, 0.25) is 0 Å². The smallest absolute Gasteiger partial charge is 0.0906 e. The lowest BCUT2D eigenvalue weighted by Crippen LogP contribution is -2.31. The van der Waals surface area contributed by atoms with E-state index in [4.69, 9.17) is 11.6 Å². The minimum Gasteiger partial charge on any atom is -0.364 e. The van der Waals surface area contributed by atoms with Gasteiger partial charge in [0.15, 0.2) is 0 Å². The maximum Gasteiger partial charge on any atom is 0.0906 e. The van der Waals surface area contributed by atoms with Crippen LogP contribution in [0, 0.1) is 0 Å². The van der Waals surface area contributed by atoms with Crippen molar-refractivity contribution in [2.24, 2.45) is 4.99 Å². The molecule has 1 aliphatic rings. The van der Waals surface area contributed by atoms with E-state index in [9.17, 15) is 0 Å². The number of halogens is 1. The van der Waals surface area contributed by atoms with E-state index in [2.05, 4.69) is 11.9 Å². The summed E-state index contributed by atoms with van der Waals surface area (Å²) < 4.78 is 0. The van der Waals surface area contributed by atoms with E-state index in [0.29, 0.717) is 5.88 Å². The van der Waals surface area contributed by atoms with Crippen molar-refractivity contribution in [2.45, 2.75) is 12.5 Å². The molecule has 9 heavy (non-hydrogen) atoms. The van der Waals surface area contributed by atoms with Gasteiger partial charge in [-0.05, 0) is 6.92 Å². The van der Waals surface area contributed by atoms with Crippen molar-refractivity contribution in [3.8, 4) is 0 Å². The topological polar surface area (TPSA) is 15.6 Å². The number of aliphatic imine (C=N–C) groups is 1. The SMILES string of the molecule is CN1C=NC(C)(CCl)C1. The van der Waals surface area contributed by atoms with Gasteiger partial charge in [-0.25, -0.2) is 0 Å². The summed E-state index contributed by atoms with van der Waals surface area (Å²) in [5.41, 5.74) is -0.0314. The molecule has 0 aliphatic carbocycles. The molecule has 1 rings (SSSR count). The number of alkyl halides is 1. The zero-order chi connectivity index (χ0) is 6.91. The second-order valence-corrected chi connectivity index (χ2v) is 3.06. The van der Waals surface area contributed by atoms with Gasteiger partial charge in [-0.1, -0.05) is 0 Å². The van der Waals surface area contributed by atoms with E-state index in [1.54, 1.807) is 0 Å². The summed E-state index contributed by atoms with van der Waals surface area (Å²) in [6.45, 7) is 3.00. The van der Waals surface area contributed by atoms with Crippen LogP contribution in [0.1, 0.15) is 6.92 Å². The van der Waals surface area contributed by atoms with Gasteiger partial charge >= 0.3 is 0 Å². The summed E-state index contributed by atoms with van der Waals surface area (Å²) in [4.78, 5) is 6.28. The van der Waals surface area contributed by atoms with E-state index < -0.39 is 0 Å². The molecule has 0 spiro atoms. The monoisotopic (exact) mass is 146 g/mol. The molecule has 0 fully saturated rings. The second kappa shape index (κ2) is 2.18. The van der Waals surface area contributed by atoms with Crippen molar-refractivity contribution in [2.75, 3.05) is 19.5 Å². The molecule has 0 aromatic carbocycles. The summed E-state index contributed by atoms with van der Waals surface area (Å²) in [6.07, 6.45) is 1.84. The highest BCUT2D eigenvalue weighted by atomic mass is 35.5. The van der Waals surface area contributed by atoms with Gasteiger partial charge in [0, 0.05) is 19.5 Å². The van der Waals surface area contributed by atoms with Crippen LogP contribution < -0.4 is 0 Å². The van der Waals surface area contributed by atoms with Crippen LogP contribution in [0.15, 0.2) is 4.99 Å². The molecule has 1 atom stereocenters. The van der Waals surface area contributed by atoms with Gasteiger partial charge in [-0.15, -0.1) is 11.6 Å². The molecule has 0 bridgehead atoms. The van der Waals surface area contributed by atoms with Gasteiger partial charge in [-0.3, -0.25) is 4.99 Å². The first-order valence-corrected chi connectivity index (χ1v) is 3.51. The average Bonchev–Trinajstić information content (AvgIpc) is 2.13. The molecular formula is C6H11ClN2. The highest BCUT2D eigenvalue weighted by Gasteiger charge is 2.26. The standard InChI is InChI=1S/C6H11ClN2/c1-6(3-7)4-9(2)5-8-6/h5H,3-4H2,1-2H3. The van der Waals surface area contributed by atoms with Crippen LogP contribution in [0.3, 0.4) is 0 Å². The predicted molar refractivity (Wildman–Crippen MR) is 40.2 cm³/mol. The van der Waals surface area contributed by atoms with Gasteiger partial charge in [0.05, 0.1) is 11.9 Å². The maximum atomic E-state index is 5.67. The molecule has 2 nitrogen and oxygen atoms in total. The Labute approximate surface area is 60.5 Å². The van der Waals surface area contributed by atoms with Crippen LogP contribution in [-0.4, -0.2) is 36.2 Å². The summed E-state index contributed by atoms with van der Waals surface area (Å²) in [5.74, 6) is 0.605. The van der Waals surface area contributed by atoms with Crippen molar-refractivity contribution >= 4 is 17.9 Å². The van der Waals surface area contributed by atoms with E-state index in [1.165, 1.54) is 0 Å². The van der Waals surface area contributed by atoms with E-state index in [1.807, 2.05) is 18.3 Å². The lowest BCUT2D eigenvalue weighted by Gasteiger charge is -2.17. The van der Waals surface area contributed by atoms with Gasteiger partial charge < -0.3 is 4.90 Å². The highest BCUT2D eigenvalue weighted by molar-refractivity contribution is 6.18. The van der Waals surface area contributed by atoms with Crippen LogP contribution in [0.5, 0.6) is 0 Å². The summed E-state index contributed by atoms with van der Waals surface area (Å²) in [5, 5.41) is 0. The van der Waals surface area contributed by atoms with Crippen LogP contribution in [0.4, 0.5) is 0 Å². The molecule has 1 unspecified atom stereocenters. The number of hydrogen-bond acceptors (Lipinski definition) is 2. The fourth-order valence-electron chi connectivity index (χ4n) is 0.934. The predicted octanol–water partition coefficient (Wildman–Crippen LogP) is 0.958.